The van der Waals surface area contributed by atoms with Crippen molar-refractivity contribution in [2.24, 2.45) is 0 Å². The van der Waals surface area contributed by atoms with Crippen LogP contribution in [0.2, 0.25) is 0 Å². The molecule has 0 radical (unpaired) electrons. The molecule has 0 atom stereocenters. The maximum atomic E-state index is 0. The van der Waals surface area contributed by atoms with Crippen molar-refractivity contribution in [1.82, 2.24) is 0 Å². The minimum absolute atomic E-state index is 0. The molecule has 0 aromatic rings. The van der Waals surface area contributed by atoms with Crippen LogP contribution in [0.25, 0.3) is 0 Å². The van der Waals surface area contributed by atoms with Crippen molar-refractivity contribution < 1.29 is 39.1 Å². The molecule has 0 heterocycles. The predicted molar refractivity (Wildman–Crippen MR) is 21.3 cm³/mol. The maximum Gasteiger partial charge on any atom is 0.187 e. The van der Waals surface area contributed by atoms with Crippen LogP contribution in [-0.4, -0.2) is 28.3 Å². The molecule has 0 aliphatic heterocycles. The molecular weight excluding hydrogens is 155 g/mol. The van der Waals surface area contributed by atoms with Crippen LogP contribution in [0.3, 0.4) is 0 Å². The van der Waals surface area contributed by atoms with Gasteiger partial charge in [0.25, 0.3) is 0 Å². The van der Waals surface area contributed by atoms with Crippen LogP contribution >= 0.6 is 0 Å². The molecule has 0 saturated carbocycles. The van der Waals surface area contributed by atoms with E-state index >= 15 is 0 Å². The average Bonchev–Trinajstić information content (AvgIpc) is 0. The third-order valence-corrected chi connectivity index (χ3v) is 0. The van der Waals surface area contributed by atoms with E-state index in [2.05, 4.69) is 0 Å². The zero-order valence-corrected chi connectivity index (χ0v) is 3.74. The molecule has 0 amide bonds. The standard InChI is InChI=1S/Al.Cr.H4Si.Ti.3H/h;;1H4;;;;. The first kappa shape index (κ1) is 37.6. The topological polar surface area (TPSA) is 0 Å². The zero-order chi connectivity index (χ0) is 0. The van der Waals surface area contributed by atoms with Gasteiger partial charge in [0.15, 0.2) is 17.4 Å². The second-order valence-corrected chi connectivity index (χ2v) is 0. The Morgan fingerprint density at radius 1 is 1.00 bits per heavy atom. The predicted octanol–water partition coefficient (Wildman–Crippen LogP) is -2.64. The summed E-state index contributed by atoms with van der Waals surface area (Å²) in [6, 6.07) is 0. The molecule has 24 valence electrons. The SMILES string of the molecule is [AlH3].[Cr].[SiH4].[Ti]. The van der Waals surface area contributed by atoms with Gasteiger partial charge in [-0.3, -0.25) is 0 Å². The summed E-state index contributed by atoms with van der Waals surface area (Å²) < 4.78 is 0. The van der Waals surface area contributed by atoms with Gasteiger partial charge in [0.2, 0.25) is 0 Å². The van der Waals surface area contributed by atoms with Gasteiger partial charge in [0, 0.05) is 39.1 Å². The average molecular weight is 162 g/mol. The quantitative estimate of drug-likeness (QED) is 0.341. The van der Waals surface area contributed by atoms with E-state index in [4.69, 9.17) is 0 Å². The summed E-state index contributed by atoms with van der Waals surface area (Å²) in [4.78, 5) is 0. The van der Waals surface area contributed by atoms with Crippen molar-refractivity contribution in [3.63, 3.8) is 0 Å². The minimum Gasteiger partial charge on any atom is -0.0149 e. The van der Waals surface area contributed by atoms with Crippen molar-refractivity contribution in [2.45, 2.75) is 0 Å². The molecule has 0 N–H and O–H groups in total. The van der Waals surface area contributed by atoms with Gasteiger partial charge in [0.1, 0.15) is 0 Å². The summed E-state index contributed by atoms with van der Waals surface area (Å²) in [5.74, 6) is 0. The van der Waals surface area contributed by atoms with E-state index in [1.165, 1.54) is 0 Å². The van der Waals surface area contributed by atoms with Crippen LogP contribution in [0.1, 0.15) is 0 Å². The van der Waals surface area contributed by atoms with Crippen molar-refractivity contribution in [3.05, 3.63) is 0 Å². The fraction of sp³-hybridized carbons (Fsp3) is 0. The van der Waals surface area contributed by atoms with Crippen LogP contribution < -0.4 is 0 Å². The summed E-state index contributed by atoms with van der Waals surface area (Å²) in [5.41, 5.74) is 0. The molecule has 0 aromatic carbocycles. The Labute approximate surface area is 66.9 Å². The second-order valence-electron chi connectivity index (χ2n) is 0. The van der Waals surface area contributed by atoms with Crippen molar-refractivity contribution in [3.8, 4) is 0 Å². The third kappa shape index (κ3) is 9.00. The van der Waals surface area contributed by atoms with Gasteiger partial charge in [-0.05, 0) is 11.0 Å². The van der Waals surface area contributed by atoms with Crippen LogP contribution in [0.15, 0.2) is 0 Å². The molecule has 0 rings (SSSR count). The van der Waals surface area contributed by atoms with Gasteiger partial charge < -0.3 is 0 Å². The smallest absolute Gasteiger partial charge is 0.0149 e. The van der Waals surface area contributed by atoms with Crippen LogP contribution in [-0.2, 0) is 39.1 Å². The molecule has 0 fully saturated rings. The van der Waals surface area contributed by atoms with E-state index in [1.807, 2.05) is 0 Å². The zero-order valence-electron chi connectivity index (χ0n) is 0.908. The van der Waals surface area contributed by atoms with E-state index < -0.39 is 0 Å². The van der Waals surface area contributed by atoms with Crippen LogP contribution in [0.4, 0.5) is 0 Å². The normalized spacial score (nSPS) is 0. The summed E-state index contributed by atoms with van der Waals surface area (Å²) in [6.45, 7) is 0. The summed E-state index contributed by atoms with van der Waals surface area (Å²) in [7, 11) is 0. The molecule has 4 heavy (non-hydrogen) atoms. The molecule has 0 nitrogen and oxygen atoms in total. The Morgan fingerprint density at radius 2 is 1.00 bits per heavy atom. The first-order valence-corrected chi connectivity index (χ1v) is 0. The number of hydrogen-bond acceptors (Lipinski definition) is 0. The van der Waals surface area contributed by atoms with Gasteiger partial charge in [-0.1, -0.05) is 0 Å². The summed E-state index contributed by atoms with van der Waals surface area (Å²) in [5, 5.41) is 0. The third-order valence-electron chi connectivity index (χ3n) is 0. The molecule has 0 bridgehead atoms. The van der Waals surface area contributed by atoms with Gasteiger partial charge in [-0.15, -0.1) is 0 Å². The van der Waals surface area contributed by atoms with Gasteiger partial charge in [-0.25, -0.2) is 0 Å². The fourth-order valence-corrected chi connectivity index (χ4v) is 0. The van der Waals surface area contributed by atoms with E-state index in [9.17, 15) is 0 Å². The second kappa shape index (κ2) is 20.0. The van der Waals surface area contributed by atoms with Crippen molar-refractivity contribution in [2.75, 3.05) is 0 Å². The Bertz CT molecular complexity index is 8.00. The molecule has 0 saturated heterocycles. The molecule has 0 aliphatic rings. The largest absolute Gasteiger partial charge is 0.187 e. The van der Waals surface area contributed by atoms with Crippen LogP contribution in [0, 0.1) is 0 Å². The molecule has 0 aliphatic carbocycles. The Hall–Kier alpha value is 2.00. The van der Waals surface area contributed by atoms with E-state index in [0.29, 0.717) is 0 Å². The van der Waals surface area contributed by atoms with Gasteiger partial charge in [-0.2, -0.15) is 0 Å². The van der Waals surface area contributed by atoms with E-state index in [0.717, 1.165) is 0 Å². The molecular formula is H7AlCrSiTi. The fourth-order valence-electron chi connectivity index (χ4n) is 0. The molecule has 4 heteroatoms. The van der Waals surface area contributed by atoms with Crippen molar-refractivity contribution >= 4 is 28.3 Å². The Balaban J connectivity index is 0. The molecule has 0 aromatic heterocycles. The Kier molecular flexibility index (Phi) is 188. The molecule has 0 spiro atoms. The monoisotopic (exact) mass is 162 g/mol. The van der Waals surface area contributed by atoms with Crippen LogP contribution in [0.5, 0.6) is 0 Å². The van der Waals surface area contributed by atoms with E-state index in [1.54, 1.807) is 0 Å². The first-order valence-electron chi connectivity index (χ1n) is 0. The minimum atomic E-state index is 0. The summed E-state index contributed by atoms with van der Waals surface area (Å²) >= 11 is 0. The van der Waals surface area contributed by atoms with Gasteiger partial charge >= 0.3 is 0 Å². The Morgan fingerprint density at radius 3 is 1.00 bits per heavy atom. The van der Waals surface area contributed by atoms with Gasteiger partial charge in [0.05, 0.1) is 0 Å². The summed E-state index contributed by atoms with van der Waals surface area (Å²) in [6.07, 6.45) is 0. The van der Waals surface area contributed by atoms with E-state index in [-0.39, 0.29) is 67.4 Å². The number of hydrogen-bond donors (Lipinski definition) is 0. The number of rotatable bonds is 0. The van der Waals surface area contributed by atoms with Crippen molar-refractivity contribution in [1.29, 1.82) is 0 Å². The first-order chi connectivity index (χ1) is 0. The molecule has 0 unspecified atom stereocenters. The maximum absolute atomic E-state index is 0.